The third kappa shape index (κ3) is 3.72. The van der Waals surface area contributed by atoms with Crippen molar-refractivity contribution in [3.05, 3.63) is 53.9 Å². The third-order valence-electron chi connectivity index (χ3n) is 3.93. The molecule has 6 heteroatoms. The van der Waals surface area contributed by atoms with Gasteiger partial charge in [0.15, 0.2) is 11.5 Å². The second-order valence-electron chi connectivity index (χ2n) is 5.37. The maximum Gasteiger partial charge on any atom is 0.203 e. The number of phenolic OH excluding ortho intramolecular Hbond substituents is 1. The van der Waals surface area contributed by atoms with E-state index in [4.69, 9.17) is 14.2 Å². The zero-order valence-corrected chi connectivity index (χ0v) is 15.1. The lowest BCUT2D eigenvalue weighted by Crippen LogP contribution is -1.99. The van der Waals surface area contributed by atoms with Crippen molar-refractivity contribution in [1.29, 1.82) is 0 Å². The van der Waals surface area contributed by atoms with Crippen LogP contribution in [0, 0.1) is 0 Å². The van der Waals surface area contributed by atoms with E-state index < -0.39 is 0 Å². The molecule has 3 rings (SSSR count). The molecule has 0 aliphatic rings. The Kier molecular flexibility index (Phi) is 5.93. The van der Waals surface area contributed by atoms with Crippen molar-refractivity contribution in [2.45, 2.75) is 6.42 Å². The van der Waals surface area contributed by atoms with Gasteiger partial charge in [-0.3, -0.25) is 4.98 Å². The number of hydrogen-bond donors (Lipinski definition) is 1. The van der Waals surface area contributed by atoms with Gasteiger partial charge in [0.2, 0.25) is 5.75 Å². The number of fused-ring (bicyclic) bond motifs is 1. The van der Waals surface area contributed by atoms with Crippen LogP contribution in [0.2, 0.25) is 0 Å². The van der Waals surface area contributed by atoms with Crippen molar-refractivity contribution >= 4 is 23.2 Å². The highest BCUT2D eigenvalue weighted by Crippen LogP contribution is 2.39. The molecule has 5 nitrogen and oxygen atoms in total. The molecule has 0 amide bonds. The Labute approximate surface area is 152 Å². The van der Waals surface area contributed by atoms with Gasteiger partial charge in [-0.15, -0.1) is 12.4 Å². The molecule has 2 aromatic carbocycles. The third-order valence-corrected chi connectivity index (χ3v) is 3.93. The molecule has 132 valence electrons. The fourth-order valence-corrected chi connectivity index (χ4v) is 2.80. The molecule has 3 aromatic rings. The molecule has 25 heavy (non-hydrogen) atoms. The number of aromatic hydroxyl groups is 1. The smallest absolute Gasteiger partial charge is 0.203 e. The average Bonchev–Trinajstić information content (AvgIpc) is 2.60. The van der Waals surface area contributed by atoms with E-state index in [0.717, 1.165) is 22.0 Å². The highest BCUT2D eigenvalue weighted by molar-refractivity contribution is 5.86. The summed E-state index contributed by atoms with van der Waals surface area (Å²) in [6, 6.07) is 11.0. The van der Waals surface area contributed by atoms with Gasteiger partial charge in [-0.05, 0) is 47.3 Å². The molecule has 0 bridgehead atoms. The second-order valence-corrected chi connectivity index (χ2v) is 5.37. The minimum atomic E-state index is 0. The number of rotatable bonds is 5. The van der Waals surface area contributed by atoms with Crippen molar-refractivity contribution in [3.63, 3.8) is 0 Å². The zero-order valence-electron chi connectivity index (χ0n) is 14.3. The van der Waals surface area contributed by atoms with Crippen molar-refractivity contribution < 1.29 is 19.3 Å². The monoisotopic (exact) mass is 361 g/mol. The van der Waals surface area contributed by atoms with Gasteiger partial charge in [0, 0.05) is 18.0 Å². The molecule has 1 N–H and O–H groups in total. The van der Waals surface area contributed by atoms with E-state index in [1.54, 1.807) is 39.7 Å². The Balaban J connectivity index is 0.00000225. The molecule has 0 aliphatic carbocycles. The van der Waals surface area contributed by atoms with Crippen molar-refractivity contribution in [2.75, 3.05) is 21.3 Å². The Morgan fingerprint density at radius 2 is 1.60 bits per heavy atom. The normalized spacial score (nSPS) is 10.2. The summed E-state index contributed by atoms with van der Waals surface area (Å²) in [6.45, 7) is 0. The molecule has 0 spiro atoms. The van der Waals surface area contributed by atoms with E-state index >= 15 is 0 Å². The van der Waals surface area contributed by atoms with Crippen LogP contribution in [0.1, 0.15) is 11.3 Å². The number of nitrogens with zero attached hydrogens (tertiary/aromatic N) is 1. The summed E-state index contributed by atoms with van der Waals surface area (Å²) in [5.41, 5.74) is 1.92. The second kappa shape index (κ2) is 7.94. The minimum absolute atomic E-state index is 0. The molecule has 0 fully saturated rings. The maximum atomic E-state index is 9.64. The topological polar surface area (TPSA) is 60.8 Å². The van der Waals surface area contributed by atoms with Crippen LogP contribution >= 0.6 is 12.4 Å². The van der Waals surface area contributed by atoms with E-state index in [0.29, 0.717) is 23.7 Å². The summed E-state index contributed by atoms with van der Waals surface area (Å²) in [6.07, 6.45) is 2.36. The van der Waals surface area contributed by atoms with Crippen LogP contribution in [0.4, 0.5) is 0 Å². The molecule has 1 heterocycles. The van der Waals surface area contributed by atoms with Crippen LogP contribution in [-0.2, 0) is 6.42 Å². The SMILES string of the molecule is COc1cc(Cc2nccc3cc(O)ccc23)cc(OC)c1OC.Cl. The Morgan fingerprint density at radius 3 is 2.20 bits per heavy atom. The van der Waals surface area contributed by atoms with E-state index in [1.807, 2.05) is 24.3 Å². The number of aromatic nitrogens is 1. The molecule has 0 atom stereocenters. The highest BCUT2D eigenvalue weighted by atomic mass is 35.5. The van der Waals surface area contributed by atoms with Crippen molar-refractivity contribution in [3.8, 4) is 23.0 Å². The Bertz CT molecular complexity index is 857. The van der Waals surface area contributed by atoms with Crippen LogP contribution in [0.5, 0.6) is 23.0 Å². The Hall–Kier alpha value is -2.66. The predicted molar refractivity (Wildman–Crippen MR) is 99.6 cm³/mol. The minimum Gasteiger partial charge on any atom is -0.508 e. The summed E-state index contributed by atoms with van der Waals surface area (Å²) in [7, 11) is 4.78. The molecule has 0 radical (unpaired) electrons. The first kappa shape index (κ1) is 18.7. The number of halogens is 1. The first-order valence-electron chi connectivity index (χ1n) is 7.51. The number of ether oxygens (including phenoxy) is 3. The van der Waals surface area contributed by atoms with E-state index in [9.17, 15) is 5.11 Å². The fourth-order valence-electron chi connectivity index (χ4n) is 2.80. The predicted octanol–water partition coefficient (Wildman–Crippen LogP) is 3.98. The van der Waals surface area contributed by atoms with Gasteiger partial charge in [-0.1, -0.05) is 0 Å². The maximum absolute atomic E-state index is 9.64. The number of benzene rings is 2. The first-order valence-corrected chi connectivity index (χ1v) is 7.51. The van der Waals surface area contributed by atoms with Gasteiger partial charge >= 0.3 is 0 Å². The molecular formula is C19H20ClNO4. The average molecular weight is 362 g/mol. The fraction of sp³-hybridized carbons (Fsp3) is 0.211. The van der Waals surface area contributed by atoms with Gasteiger partial charge in [-0.2, -0.15) is 0 Å². The van der Waals surface area contributed by atoms with Gasteiger partial charge in [0.25, 0.3) is 0 Å². The van der Waals surface area contributed by atoms with Crippen LogP contribution < -0.4 is 14.2 Å². The summed E-state index contributed by atoms with van der Waals surface area (Å²) in [4.78, 5) is 4.49. The lowest BCUT2D eigenvalue weighted by molar-refractivity contribution is 0.324. The first-order chi connectivity index (χ1) is 11.7. The standard InChI is InChI=1S/C19H19NO4.ClH/c1-22-17-9-12(10-18(23-2)19(17)24-3)8-16-15-5-4-14(21)11-13(15)6-7-20-16;/h4-7,9-11,21H,8H2,1-3H3;1H. The molecule has 0 aliphatic heterocycles. The molecule has 0 saturated heterocycles. The zero-order chi connectivity index (χ0) is 17.1. The lowest BCUT2D eigenvalue weighted by Gasteiger charge is -2.14. The van der Waals surface area contributed by atoms with Crippen LogP contribution in [0.15, 0.2) is 42.6 Å². The molecule has 1 aromatic heterocycles. The summed E-state index contributed by atoms with van der Waals surface area (Å²) in [5, 5.41) is 11.6. The number of phenols is 1. The summed E-state index contributed by atoms with van der Waals surface area (Å²) < 4.78 is 16.2. The quantitative estimate of drug-likeness (QED) is 0.744. The van der Waals surface area contributed by atoms with Gasteiger partial charge in [0.1, 0.15) is 5.75 Å². The Morgan fingerprint density at radius 1 is 0.920 bits per heavy atom. The summed E-state index contributed by atoms with van der Waals surface area (Å²) >= 11 is 0. The molecule has 0 saturated carbocycles. The van der Waals surface area contributed by atoms with E-state index in [1.165, 1.54) is 0 Å². The van der Waals surface area contributed by atoms with E-state index in [2.05, 4.69) is 4.98 Å². The van der Waals surface area contributed by atoms with Crippen LogP contribution in [0.3, 0.4) is 0 Å². The van der Waals surface area contributed by atoms with Crippen molar-refractivity contribution in [1.82, 2.24) is 4.98 Å². The van der Waals surface area contributed by atoms with Gasteiger partial charge in [0.05, 0.1) is 27.0 Å². The van der Waals surface area contributed by atoms with Crippen molar-refractivity contribution in [2.24, 2.45) is 0 Å². The van der Waals surface area contributed by atoms with Crippen LogP contribution in [0.25, 0.3) is 10.8 Å². The van der Waals surface area contributed by atoms with Gasteiger partial charge in [-0.25, -0.2) is 0 Å². The number of pyridine rings is 1. The molecule has 0 unspecified atom stereocenters. The number of hydrogen-bond acceptors (Lipinski definition) is 5. The summed E-state index contributed by atoms with van der Waals surface area (Å²) in [5.74, 6) is 2.04. The number of methoxy groups -OCH3 is 3. The van der Waals surface area contributed by atoms with Crippen LogP contribution in [-0.4, -0.2) is 31.4 Å². The van der Waals surface area contributed by atoms with Gasteiger partial charge < -0.3 is 19.3 Å². The van der Waals surface area contributed by atoms with E-state index in [-0.39, 0.29) is 18.2 Å². The largest absolute Gasteiger partial charge is 0.508 e. The molecular weight excluding hydrogens is 342 g/mol. The lowest BCUT2D eigenvalue weighted by atomic mass is 10.0. The highest BCUT2D eigenvalue weighted by Gasteiger charge is 2.14.